The van der Waals surface area contributed by atoms with Crippen LogP contribution in [0.1, 0.15) is 17.0 Å². The number of nitrogens with zero attached hydrogens (tertiary/aromatic N) is 3. The number of carboxylic acids is 1. The molecule has 138 valence electrons. The number of carbonyl (C=O) groups excluding carboxylic acids is 1. The molecule has 0 fully saturated rings. The molecule has 0 atom stereocenters. The predicted molar refractivity (Wildman–Crippen MR) is 102 cm³/mol. The van der Waals surface area contributed by atoms with E-state index in [0.717, 1.165) is 16.1 Å². The summed E-state index contributed by atoms with van der Waals surface area (Å²) in [7, 11) is 0. The van der Waals surface area contributed by atoms with E-state index in [1.54, 1.807) is 12.4 Å². The highest BCUT2D eigenvalue weighted by Gasteiger charge is 2.10. The molecule has 0 saturated heterocycles. The third-order valence-electron chi connectivity index (χ3n) is 3.48. The highest BCUT2D eigenvalue weighted by Crippen LogP contribution is 2.26. The SMILES string of the molecule is Cc1ccnc(Nc2cccc(-c3cnc(CNC(=O)CC(=O)O)s3)n2)c1. The second kappa shape index (κ2) is 8.37. The molecular weight excluding hydrogens is 366 g/mol. The predicted octanol–water partition coefficient (Wildman–Crippen LogP) is 2.74. The highest BCUT2D eigenvalue weighted by atomic mass is 32.1. The van der Waals surface area contributed by atoms with Gasteiger partial charge in [-0.05, 0) is 36.8 Å². The number of hydrogen-bond donors (Lipinski definition) is 3. The molecule has 0 aromatic carbocycles. The first kappa shape index (κ1) is 18.5. The van der Waals surface area contributed by atoms with Crippen molar-refractivity contribution in [3.63, 3.8) is 0 Å². The van der Waals surface area contributed by atoms with E-state index in [-0.39, 0.29) is 6.54 Å². The lowest BCUT2D eigenvalue weighted by atomic mass is 10.3. The van der Waals surface area contributed by atoms with Gasteiger partial charge in [0.1, 0.15) is 23.1 Å². The lowest BCUT2D eigenvalue weighted by molar-refractivity contribution is -0.140. The van der Waals surface area contributed by atoms with Gasteiger partial charge in [-0.3, -0.25) is 9.59 Å². The summed E-state index contributed by atoms with van der Waals surface area (Å²) in [4.78, 5) is 35.8. The fourth-order valence-corrected chi connectivity index (χ4v) is 3.09. The Kier molecular flexibility index (Phi) is 5.72. The van der Waals surface area contributed by atoms with E-state index in [0.29, 0.717) is 16.6 Å². The van der Waals surface area contributed by atoms with Crippen molar-refractivity contribution in [1.29, 1.82) is 0 Å². The monoisotopic (exact) mass is 383 g/mol. The smallest absolute Gasteiger partial charge is 0.312 e. The number of carboxylic acid groups (broad SMARTS) is 1. The lowest BCUT2D eigenvalue weighted by Crippen LogP contribution is -2.24. The van der Waals surface area contributed by atoms with Gasteiger partial charge in [0.2, 0.25) is 5.91 Å². The number of amides is 1. The summed E-state index contributed by atoms with van der Waals surface area (Å²) < 4.78 is 0. The Morgan fingerprint density at radius 2 is 2.04 bits per heavy atom. The van der Waals surface area contributed by atoms with Crippen molar-refractivity contribution in [2.75, 3.05) is 5.32 Å². The van der Waals surface area contributed by atoms with Crippen LogP contribution in [0, 0.1) is 6.92 Å². The van der Waals surface area contributed by atoms with E-state index in [1.807, 2.05) is 37.3 Å². The van der Waals surface area contributed by atoms with Crippen LogP contribution in [0.4, 0.5) is 11.6 Å². The summed E-state index contributed by atoms with van der Waals surface area (Å²) in [6.07, 6.45) is 2.86. The Bertz CT molecular complexity index is 973. The molecule has 8 nitrogen and oxygen atoms in total. The van der Waals surface area contributed by atoms with Crippen molar-refractivity contribution in [1.82, 2.24) is 20.3 Å². The van der Waals surface area contributed by atoms with Gasteiger partial charge >= 0.3 is 5.97 Å². The molecule has 3 heterocycles. The van der Waals surface area contributed by atoms with Crippen LogP contribution in [0.2, 0.25) is 0 Å². The molecule has 27 heavy (non-hydrogen) atoms. The fourth-order valence-electron chi connectivity index (χ4n) is 2.26. The minimum atomic E-state index is -1.16. The first-order valence-electron chi connectivity index (χ1n) is 8.10. The molecule has 0 radical (unpaired) electrons. The van der Waals surface area contributed by atoms with Gasteiger partial charge in [-0.15, -0.1) is 11.3 Å². The first-order chi connectivity index (χ1) is 13.0. The van der Waals surface area contributed by atoms with E-state index in [9.17, 15) is 9.59 Å². The summed E-state index contributed by atoms with van der Waals surface area (Å²) in [5.41, 5.74) is 1.84. The third kappa shape index (κ3) is 5.32. The topological polar surface area (TPSA) is 117 Å². The van der Waals surface area contributed by atoms with Crippen LogP contribution < -0.4 is 10.6 Å². The molecule has 0 aliphatic carbocycles. The van der Waals surface area contributed by atoms with Crippen molar-refractivity contribution in [2.45, 2.75) is 19.9 Å². The number of aliphatic carboxylic acids is 1. The molecule has 1 amide bonds. The van der Waals surface area contributed by atoms with Crippen LogP contribution in [0.25, 0.3) is 10.6 Å². The van der Waals surface area contributed by atoms with E-state index < -0.39 is 18.3 Å². The van der Waals surface area contributed by atoms with Gasteiger partial charge in [0, 0.05) is 12.4 Å². The maximum absolute atomic E-state index is 11.4. The molecule has 0 saturated carbocycles. The normalized spacial score (nSPS) is 10.4. The van der Waals surface area contributed by atoms with Crippen LogP contribution in [0.15, 0.2) is 42.7 Å². The molecule has 3 aromatic rings. The first-order valence-corrected chi connectivity index (χ1v) is 8.91. The lowest BCUT2D eigenvalue weighted by Gasteiger charge is -2.06. The Hall–Kier alpha value is -3.33. The van der Waals surface area contributed by atoms with Crippen LogP contribution in [-0.4, -0.2) is 31.9 Å². The van der Waals surface area contributed by atoms with Crippen LogP contribution in [-0.2, 0) is 16.1 Å². The summed E-state index contributed by atoms with van der Waals surface area (Å²) in [5, 5.41) is 15.0. The summed E-state index contributed by atoms with van der Waals surface area (Å²) >= 11 is 1.39. The zero-order valence-corrected chi connectivity index (χ0v) is 15.3. The van der Waals surface area contributed by atoms with Gasteiger partial charge < -0.3 is 15.7 Å². The minimum Gasteiger partial charge on any atom is -0.481 e. The van der Waals surface area contributed by atoms with Gasteiger partial charge in [-0.1, -0.05) is 6.07 Å². The molecule has 0 aliphatic heterocycles. The number of carbonyl (C=O) groups is 2. The van der Waals surface area contributed by atoms with Gasteiger partial charge in [-0.2, -0.15) is 0 Å². The minimum absolute atomic E-state index is 0.182. The molecule has 0 aliphatic rings. The molecule has 3 N–H and O–H groups in total. The zero-order chi connectivity index (χ0) is 19.2. The van der Waals surface area contributed by atoms with Crippen molar-refractivity contribution < 1.29 is 14.7 Å². The average molecular weight is 383 g/mol. The number of hydrogen-bond acceptors (Lipinski definition) is 7. The Labute approximate surface area is 159 Å². The Morgan fingerprint density at radius 1 is 1.19 bits per heavy atom. The highest BCUT2D eigenvalue weighted by molar-refractivity contribution is 7.15. The zero-order valence-electron chi connectivity index (χ0n) is 14.5. The third-order valence-corrected chi connectivity index (χ3v) is 4.50. The molecule has 3 rings (SSSR count). The van der Waals surface area contributed by atoms with Crippen molar-refractivity contribution >= 4 is 34.8 Å². The number of aromatic nitrogens is 3. The molecule has 0 spiro atoms. The van der Waals surface area contributed by atoms with Crippen LogP contribution >= 0.6 is 11.3 Å². The number of pyridine rings is 2. The quantitative estimate of drug-likeness (QED) is 0.537. The average Bonchev–Trinajstić information content (AvgIpc) is 3.09. The number of nitrogens with one attached hydrogen (secondary N) is 2. The van der Waals surface area contributed by atoms with E-state index in [1.165, 1.54) is 11.3 Å². The number of rotatable bonds is 7. The Balaban J connectivity index is 1.67. The molecular formula is C18H17N5O3S. The maximum Gasteiger partial charge on any atom is 0.312 e. The Morgan fingerprint density at radius 3 is 2.81 bits per heavy atom. The molecule has 3 aromatic heterocycles. The maximum atomic E-state index is 11.4. The molecule has 0 bridgehead atoms. The van der Waals surface area contributed by atoms with Gasteiger partial charge in [0.05, 0.1) is 17.1 Å². The van der Waals surface area contributed by atoms with Gasteiger partial charge in [0.25, 0.3) is 0 Å². The van der Waals surface area contributed by atoms with E-state index in [2.05, 4.69) is 25.6 Å². The summed E-state index contributed by atoms with van der Waals surface area (Å²) in [5.74, 6) is -0.334. The number of aryl methyl sites for hydroxylation is 1. The summed E-state index contributed by atoms with van der Waals surface area (Å²) in [6.45, 7) is 2.17. The second-order valence-electron chi connectivity index (χ2n) is 5.72. The second-order valence-corrected chi connectivity index (χ2v) is 6.83. The largest absolute Gasteiger partial charge is 0.481 e. The molecule has 9 heteroatoms. The summed E-state index contributed by atoms with van der Waals surface area (Å²) in [6, 6.07) is 9.45. The van der Waals surface area contributed by atoms with E-state index >= 15 is 0 Å². The van der Waals surface area contributed by atoms with Crippen LogP contribution in [0.5, 0.6) is 0 Å². The number of thiazole rings is 1. The van der Waals surface area contributed by atoms with E-state index in [4.69, 9.17) is 5.11 Å². The fraction of sp³-hybridized carbons (Fsp3) is 0.167. The van der Waals surface area contributed by atoms with Gasteiger partial charge in [0.15, 0.2) is 0 Å². The standard InChI is InChI=1S/C18H17N5O3S/c1-11-5-6-19-15(7-11)23-14-4-2-3-12(22-14)13-9-21-17(27-13)10-20-16(24)8-18(25)26/h2-7,9H,8,10H2,1H3,(H,20,24)(H,25,26)(H,19,22,23). The van der Waals surface area contributed by atoms with Crippen molar-refractivity contribution in [3.05, 3.63) is 53.3 Å². The number of anilines is 2. The molecule has 0 unspecified atom stereocenters. The van der Waals surface area contributed by atoms with Crippen molar-refractivity contribution in [2.24, 2.45) is 0 Å². The van der Waals surface area contributed by atoms with Crippen molar-refractivity contribution in [3.8, 4) is 10.6 Å². The van der Waals surface area contributed by atoms with Crippen LogP contribution in [0.3, 0.4) is 0 Å². The van der Waals surface area contributed by atoms with Gasteiger partial charge in [-0.25, -0.2) is 15.0 Å².